The van der Waals surface area contributed by atoms with Crippen LogP contribution in [-0.2, 0) is 0 Å². The summed E-state index contributed by atoms with van der Waals surface area (Å²) in [5.74, 6) is 0.142. The zero-order valence-corrected chi connectivity index (χ0v) is 21.5. The molecule has 5 rings (SSSR count). The van der Waals surface area contributed by atoms with E-state index in [9.17, 15) is 4.79 Å². The van der Waals surface area contributed by atoms with E-state index in [-0.39, 0.29) is 17.9 Å². The molecule has 0 spiro atoms. The van der Waals surface area contributed by atoms with Gasteiger partial charge < -0.3 is 0 Å². The summed E-state index contributed by atoms with van der Waals surface area (Å²) in [6.07, 6.45) is 5.32. The smallest absolute Gasteiger partial charge is 0.267 e. The molecule has 0 N–H and O–H groups in total. The Hall–Kier alpha value is -2.50. The van der Waals surface area contributed by atoms with Crippen molar-refractivity contribution in [1.82, 2.24) is 5.01 Å². The van der Waals surface area contributed by atoms with E-state index < -0.39 is 0 Å². The number of amides is 1. The highest BCUT2D eigenvalue weighted by molar-refractivity contribution is 9.10. The summed E-state index contributed by atoms with van der Waals surface area (Å²) in [4.78, 5) is 13.6. The summed E-state index contributed by atoms with van der Waals surface area (Å²) in [5.41, 5.74) is 6.36. The number of rotatable bonds is 3. The number of carbonyl (C=O) groups excluding carboxylic acids is 1. The molecule has 1 aliphatic carbocycles. The molecular formula is C28H24Br2N2O. The predicted octanol–water partition coefficient (Wildman–Crippen LogP) is 7.96. The molecule has 1 saturated carbocycles. The molecule has 3 aromatic carbocycles. The molecule has 3 nitrogen and oxygen atoms in total. The van der Waals surface area contributed by atoms with Gasteiger partial charge >= 0.3 is 0 Å². The topological polar surface area (TPSA) is 32.7 Å². The van der Waals surface area contributed by atoms with Crippen molar-refractivity contribution in [2.75, 3.05) is 0 Å². The molecule has 1 heterocycles. The minimum absolute atomic E-state index is 0.0483. The van der Waals surface area contributed by atoms with Gasteiger partial charge in [0.15, 0.2) is 0 Å². The fourth-order valence-electron chi connectivity index (χ4n) is 4.75. The standard InChI is InChI=1S/C28H24Br2N2O/c1-18-5-9-21(10-6-18)28(33)32-27(20-11-15-24(30)16-12-20)25-4-2-3-22(26(25)31-32)17-19-7-13-23(29)14-8-19/h5-17,25,27H,2-4H2,1H3/b22-17+/t25-,27+/m1/s1. The van der Waals surface area contributed by atoms with Crippen molar-refractivity contribution in [1.29, 1.82) is 0 Å². The average Bonchev–Trinajstić information content (AvgIpc) is 3.22. The number of hydrazone groups is 1. The SMILES string of the molecule is Cc1ccc(C(=O)N2N=C3/C(=C/c4ccc(Br)cc4)CCC[C@H]3[C@@H]2c2ccc(Br)cc2)cc1. The highest BCUT2D eigenvalue weighted by atomic mass is 79.9. The van der Waals surface area contributed by atoms with Crippen LogP contribution in [0.25, 0.3) is 6.08 Å². The molecule has 166 valence electrons. The lowest BCUT2D eigenvalue weighted by atomic mass is 9.77. The lowest BCUT2D eigenvalue weighted by Gasteiger charge is -2.29. The molecule has 0 aromatic heterocycles. The van der Waals surface area contributed by atoms with E-state index in [1.165, 1.54) is 5.57 Å². The van der Waals surface area contributed by atoms with E-state index in [4.69, 9.17) is 5.10 Å². The molecule has 33 heavy (non-hydrogen) atoms. The van der Waals surface area contributed by atoms with E-state index in [1.807, 2.05) is 43.3 Å². The van der Waals surface area contributed by atoms with Crippen LogP contribution in [0.4, 0.5) is 0 Å². The van der Waals surface area contributed by atoms with Gasteiger partial charge in [0.1, 0.15) is 0 Å². The van der Waals surface area contributed by atoms with Crippen molar-refractivity contribution in [3.05, 3.63) is 110 Å². The van der Waals surface area contributed by atoms with Crippen LogP contribution < -0.4 is 0 Å². The van der Waals surface area contributed by atoms with Gasteiger partial charge in [-0.3, -0.25) is 4.79 Å². The van der Waals surface area contributed by atoms with Crippen LogP contribution in [0.15, 0.2) is 92.4 Å². The molecule has 3 aromatic rings. The van der Waals surface area contributed by atoms with Gasteiger partial charge in [-0.15, -0.1) is 0 Å². The predicted molar refractivity (Wildman–Crippen MR) is 141 cm³/mol. The van der Waals surface area contributed by atoms with E-state index in [1.54, 1.807) is 5.01 Å². The number of hydrogen-bond acceptors (Lipinski definition) is 2. The second kappa shape index (κ2) is 9.40. The molecule has 5 heteroatoms. The van der Waals surface area contributed by atoms with E-state index >= 15 is 0 Å². The fraction of sp³-hybridized carbons (Fsp3) is 0.214. The van der Waals surface area contributed by atoms with Gasteiger partial charge in [0, 0.05) is 20.4 Å². The van der Waals surface area contributed by atoms with E-state index in [2.05, 4.69) is 74.3 Å². The molecule has 1 aliphatic heterocycles. The Labute approximate surface area is 211 Å². The van der Waals surface area contributed by atoms with Gasteiger partial charge in [-0.05, 0) is 85.4 Å². The van der Waals surface area contributed by atoms with Gasteiger partial charge in [0.05, 0.1) is 11.8 Å². The molecule has 0 unspecified atom stereocenters. The summed E-state index contributed by atoms with van der Waals surface area (Å²) < 4.78 is 2.09. The number of fused-ring (bicyclic) bond motifs is 1. The molecule has 1 amide bonds. The Morgan fingerprint density at radius 1 is 0.939 bits per heavy atom. The third-order valence-electron chi connectivity index (χ3n) is 6.43. The van der Waals surface area contributed by atoms with Gasteiger partial charge in [0.2, 0.25) is 0 Å². The van der Waals surface area contributed by atoms with Gasteiger partial charge in [-0.2, -0.15) is 5.10 Å². The zero-order valence-electron chi connectivity index (χ0n) is 18.3. The van der Waals surface area contributed by atoms with Crippen molar-refractivity contribution in [3.63, 3.8) is 0 Å². The lowest BCUT2D eigenvalue weighted by Crippen LogP contribution is -2.31. The molecule has 2 aliphatic rings. The average molecular weight is 564 g/mol. The Morgan fingerprint density at radius 3 is 2.24 bits per heavy atom. The first kappa shape index (κ1) is 22.3. The number of aryl methyl sites for hydroxylation is 1. The van der Waals surface area contributed by atoms with Crippen LogP contribution >= 0.6 is 31.9 Å². The second-order valence-electron chi connectivity index (χ2n) is 8.72. The minimum atomic E-state index is -0.101. The first-order valence-electron chi connectivity index (χ1n) is 11.2. The molecule has 0 bridgehead atoms. The van der Waals surface area contributed by atoms with Crippen molar-refractivity contribution < 1.29 is 4.79 Å². The Bertz CT molecular complexity index is 1230. The summed E-state index contributed by atoms with van der Waals surface area (Å²) in [7, 11) is 0. The zero-order chi connectivity index (χ0) is 22.9. The first-order chi connectivity index (χ1) is 16.0. The molecular weight excluding hydrogens is 540 g/mol. The van der Waals surface area contributed by atoms with Crippen molar-refractivity contribution in [3.8, 4) is 0 Å². The Kier molecular flexibility index (Phi) is 6.35. The summed E-state index contributed by atoms with van der Waals surface area (Å²) in [5, 5.41) is 6.73. The maximum absolute atomic E-state index is 13.6. The Morgan fingerprint density at radius 2 is 1.58 bits per heavy atom. The van der Waals surface area contributed by atoms with Crippen molar-refractivity contribution in [2.45, 2.75) is 32.2 Å². The number of hydrogen-bond donors (Lipinski definition) is 0. The summed E-state index contributed by atoms with van der Waals surface area (Å²) in [6, 6.07) is 24.3. The molecule has 0 radical (unpaired) electrons. The highest BCUT2D eigenvalue weighted by Crippen LogP contribution is 2.45. The molecule has 0 saturated heterocycles. The van der Waals surface area contributed by atoms with Crippen LogP contribution in [0.1, 0.15) is 52.4 Å². The number of allylic oxidation sites excluding steroid dienone is 1. The maximum Gasteiger partial charge on any atom is 0.274 e. The van der Waals surface area contributed by atoms with Gasteiger partial charge in [0.25, 0.3) is 5.91 Å². The van der Waals surface area contributed by atoms with Crippen molar-refractivity contribution >= 4 is 49.6 Å². The maximum atomic E-state index is 13.6. The lowest BCUT2D eigenvalue weighted by molar-refractivity contribution is 0.0681. The van der Waals surface area contributed by atoms with Crippen LogP contribution in [0.5, 0.6) is 0 Å². The molecule has 1 fully saturated rings. The summed E-state index contributed by atoms with van der Waals surface area (Å²) in [6.45, 7) is 2.03. The number of halogens is 2. The third-order valence-corrected chi connectivity index (χ3v) is 7.49. The molecule has 2 atom stereocenters. The Balaban J connectivity index is 1.57. The minimum Gasteiger partial charge on any atom is -0.267 e. The van der Waals surface area contributed by atoms with Crippen LogP contribution in [-0.4, -0.2) is 16.6 Å². The number of nitrogens with zero attached hydrogens (tertiary/aromatic N) is 2. The van der Waals surface area contributed by atoms with Gasteiger partial charge in [-0.1, -0.05) is 73.8 Å². The monoisotopic (exact) mass is 562 g/mol. The number of carbonyl (C=O) groups is 1. The van der Waals surface area contributed by atoms with Crippen LogP contribution in [0, 0.1) is 12.8 Å². The first-order valence-corrected chi connectivity index (χ1v) is 12.8. The van der Waals surface area contributed by atoms with E-state index in [0.717, 1.165) is 50.6 Å². The second-order valence-corrected chi connectivity index (χ2v) is 10.5. The fourth-order valence-corrected chi connectivity index (χ4v) is 5.28. The van der Waals surface area contributed by atoms with E-state index in [0.29, 0.717) is 5.56 Å². The van der Waals surface area contributed by atoms with Gasteiger partial charge in [-0.25, -0.2) is 5.01 Å². The largest absolute Gasteiger partial charge is 0.274 e. The quantitative estimate of drug-likeness (QED) is 0.318. The summed E-state index contributed by atoms with van der Waals surface area (Å²) >= 11 is 7.05. The normalized spacial score (nSPS) is 21.1. The van der Waals surface area contributed by atoms with Crippen molar-refractivity contribution in [2.24, 2.45) is 11.0 Å². The van der Waals surface area contributed by atoms with Crippen LogP contribution in [0.2, 0.25) is 0 Å². The highest BCUT2D eigenvalue weighted by Gasteiger charge is 2.43. The number of benzene rings is 3. The van der Waals surface area contributed by atoms with Crippen LogP contribution in [0.3, 0.4) is 0 Å². The third kappa shape index (κ3) is 4.62.